The highest BCUT2D eigenvalue weighted by atomic mass is 16.7. The lowest BCUT2D eigenvalue weighted by atomic mass is 9.63. The minimum Gasteiger partial charge on any atom is -0.658 e. The van der Waals surface area contributed by atoms with Crippen LogP contribution in [0.1, 0.15) is 6.92 Å². The highest BCUT2D eigenvalue weighted by Crippen LogP contribution is 2.38. The van der Waals surface area contributed by atoms with Gasteiger partial charge in [-0.15, -0.1) is 0 Å². The predicted molar refractivity (Wildman–Crippen MR) is 76.3 cm³/mol. The van der Waals surface area contributed by atoms with Crippen LogP contribution in [0, 0.1) is 0 Å². The van der Waals surface area contributed by atoms with Crippen molar-refractivity contribution in [1.82, 2.24) is 0 Å². The summed E-state index contributed by atoms with van der Waals surface area (Å²) in [7, 11) is 0. The largest absolute Gasteiger partial charge is 0.658 e. The van der Waals surface area contributed by atoms with E-state index in [1.807, 2.05) is 55.5 Å². The summed E-state index contributed by atoms with van der Waals surface area (Å²) >= 11 is 0. The molecule has 0 radical (unpaired) electrons. The van der Waals surface area contributed by atoms with Crippen LogP contribution < -0.4 is 20.1 Å². The van der Waals surface area contributed by atoms with Crippen LogP contribution in [0.2, 0.25) is 0 Å². The first kappa shape index (κ1) is 10.5. The van der Waals surface area contributed by atoms with Gasteiger partial charge in [-0.05, 0) is 25.1 Å². The fourth-order valence-electron chi connectivity index (χ4n) is 2.67. The lowest BCUT2D eigenvalue weighted by molar-refractivity contribution is 0.475. The third-order valence-electron chi connectivity index (χ3n) is 3.46. The Morgan fingerprint density at radius 2 is 1.58 bits per heavy atom. The van der Waals surface area contributed by atoms with Gasteiger partial charge >= 0.3 is 6.69 Å². The van der Waals surface area contributed by atoms with Crippen LogP contribution in [-0.2, 0) is 0 Å². The maximum absolute atomic E-state index is 6.05. The molecule has 2 aromatic rings. The topological polar surface area (TPSA) is 42.9 Å². The first-order valence-electron chi connectivity index (χ1n) is 6.30. The van der Waals surface area contributed by atoms with E-state index in [4.69, 9.17) is 9.31 Å². The summed E-state index contributed by atoms with van der Waals surface area (Å²) in [4.78, 5) is 4.59. The molecular formula is C14H12BN2O2-. The molecule has 2 aliphatic rings. The van der Waals surface area contributed by atoms with Gasteiger partial charge in [0.1, 0.15) is 11.5 Å². The van der Waals surface area contributed by atoms with Crippen LogP contribution in [0.3, 0.4) is 0 Å². The van der Waals surface area contributed by atoms with Crippen molar-refractivity contribution in [2.75, 3.05) is 5.32 Å². The molecular weight excluding hydrogens is 239 g/mol. The second-order valence-electron chi connectivity index (χ2n) is 4.78. The molecule has 5 heteroatoms. The molecule has 0 aliphatic carbocycles. The van der Waals surface area contributed by atoms with E-state index in [9.17, 15) is 0 Å². The smallest absolute Gasteiger partial charge is 0.505 e. The van der Waals surface area contributed by atoms with Gasteiger partial charge in [0.25, 0.3) is 0 Å². The molecule has 2 aliphatic heterocycles. The lowest BCUT2D eigenvalue weighted by Gasteiger charge is -2.37. The Morgan fingerprint density at radius 1 is 0.947 bits per heavy atom. The van der Waals surface area contributed by atoms with Crippen molar-refractivity contribution in [2.24, 2.45) is 4.90 Å². The second-order valence-corrected chi connectivity index (χ2v) is 4.78. The van der Waals surface area contributed by atoms with E-state index in [1.54, 1.807) is 0 Å². The zero-order valence-corrected chi connectivity index (χ0v) is 10.5. The zero-order valence-electron chi connectivity index (χ0n) is 10.5. The molecule has 1 spiro atoms. The van der Waals surface area contributed by atoms with Crippen LogP contribution >= 0.6 is 0 Å². The molecule has 0 fully saturated rings. The summed E-state index contributed by atoms with van der Waals surface area (Å²) in [6.07, 6.45) is 0. The summed E-state index contributed by atoms with van der Waals surface area (Å²) in [6, 6.07) is 15.6. The van der Waals surface area contributed by atoms with Crippen molar-refractivity contribution in [1.29, 1.82) is 0 Å². The number of hydrogen-bond acceptors (Lipinski definition) is 4. The summed E-state index contributed by atoms with van der Waals surface area (Å²) in [5, 5.41) is 3.24. The number of amidine groups is 1. The first-order valence-corrected chi connectivity index (χ1v) is 6.30. The molecule has 0 saturated carbocycles. The minimum absolute atomic E-state index is 0.746. The van der Waals surface area contributed by atoms with E-state index in [2.05, 4.69) is 10.2 Å². The van der Waals surface area contributed by atoms with Crippen LogP contribution in [0.15, 0.2) is 53.4 Å². The monoisotopic (exact) mass is 251 g/mol. The van der Waals surface area contributed by atoms with Crippen LogP contribution in [0.4, 0.5) is 5.69 Å². The maximum Gasteiger partial charge on any atom is 0.505 e. The number of anilines is 1. The molecule has 0 bridgehead atoms. The SMILES string of the molecule is CC1=N[B-]2(Oc3ccccc3O2)c2ccccc2N1. The Hall–Kier alpha value is -2.43. The molecule has 94 valence electrons. The second kappa shape index (κ2) is 3.54. The molecule has 0 amide bonds. The fraction of sp³-hybridized carbons (Fsp3) is 0.0714. The number of para-hydroxylation sites is 3. The van der Waals surface area contributed by atoms with Crippen LogP contribution in [0.25, 0.3) is 0 Å². The normalized spacial score (nSPS) is 17.6. The van der Waals surface area contributed by atoms with Gasteiger partial charge in [0, 0.05) is 5.69 Å². The quantitative estimate of drug-likeness (QED) is 0.729. The zero-order chi connectivity index (χ0) is 12.9. The van der Waals surface area contributed by atoms with Crippen molar-refractivity contribution in [2.45, 2.75) is 6.92 Å². The van der Waals surface area contributed by atoms with E-state index >= 15 is 0 Å². The molecule has 2 aromatic carbocycles. The molecule has 0 unspecified atom stereocenters. The highest BCUT2D eigenvalue weighted by molar-refractivity contribution is 6.84. The van der Waals surface area contributed by atoms with Gasteiger partial charge in [0.15, 0.2) is 0 Å². The highest BCUT2D eigenvalue weighted by Gasteiger charge is 2.42. The fourth-order valence-corrected chi connectivity index (χ4v) is 2.67. The Labute approximate surface area is 111 Å². The van der Waals surface area contributed by atoms with Gasteiger partial charge in [0.05, 0.1) is 5.84 Å². The number of hydrogen-bond donors (Lipinski definition) is 1. The molecule has 0 atom stereocenters. The molecule has 4 nitrogen and oxygen atoms in total. The molecule has 19 heavy (non-hydrogen) atoms. The van der Waals surface area contributed by atoms with E-state index in [0.717, 1.165) is 28.5 Å². The number of nitrogens with zero attached hydrogens (tertiary/aromatic N) is 1. The van der Waals surface area contributed by atoms with Crippen LogP contribution in [-0.4, -0.2) is 12.5 Å². The Bertz CT molecular complexity index is 674. The third-order valence-corrected chi connectivity index (χ3v) is 3.46. The van der Waals surface area contributed by atoms with Crippen molar-refractivity contribution in [3.05, 3.63) is 48.5 Å². The third kappa shape index (κ3) is 1.44. The van der Waals surface area contributed by atoms with Crippen molar-refractivity contribution >= 4 is 23.7 Å². The van der Waals surface area contributed by atoms with Crippen molar-refractivity contribution < 1.29 is 9.31 Å². The summed E-state index contributed by atoms with van der Waals surface area (Å²) in [5.74, 6) is 2.29. The number of rotatable bonds is 0. The number of benzene rings is 2. The van der Waals surface area contributed by atoms with E-state index in [-0.39, 0.29) is 0 Å². The van der Waals surface area contributed by atoms with Gasteiger partial charge in [-0.25, -0.2) is 0 Å². The Kier molecular flexibility index (Phi) is 1.95. The molecule has 0 saturated heterocycles. The van der Waals surface area contributed by atoms with Gasteiger partial charge in [0.2, 0.25) is 0 Å². The summed E-state index contributed by atoms with van der Waals surface area (Å²) < 4.78 is 12.1. The van der Waals surface area contributed by atoms with Crippen molar-refractivity contribution in [3.8, 4) is 11.5 Å². The Balaban J connectivity index is 1.90. The average Bonchev–Trinajstić information content (AvgIpc) is 2.76. The average molecular weight is 251 g/mol. The Morgan fingerprint density at radius 3 is 2.32 bits per heavy atom. The predicted octanol–water partition coefficient (Wildman–Crippen LogP) is 2.15. The molecule has 1 N–H and O–H groups in total. The van der Waals surface area contributed by atoms with Gasteiger partial charge in [-0.1, -0.05) is 35.8 Å². The minimum atomic E-state index is -1.85. The lowest BCUT2D eigenvalue weighted by Crippen LogP contribution is -2.59. The van der Waals surface area contributed by atoms with E-state index in [1.165, 1.54) is 0 Å². The van der Waals surface area contributed by atoms with Gasteiger partial charge in [-0.2, -0.15) is 0 Å². The maximum atomic E-state index is 6.05. The van der Waals surface area contributed by atoms with Crippen molar-refractivity contribution in [3.63, 3.8) is 0 Å². The molecule has 2 heterocycles. The number of nitrogens with one attached hydrogen (secondary N) is 1. The van der Waals surface area contributed by atoms with Crippen LogP contribution in [0.5, 0.6) is 11.5 Å². The van der Waals surface area contributed by atoms with E-state index < -0.39 is 6.69 Å². The summed E-state index contributed by atoms with van der Waals surface area (Å²) in [5.41, 5.74) is 1.94. The number of fused-ring (bicyclic) bond motifs is 3. The molecule has 0 aromatic heterocycles. The summed E-state index contributed by atoms with van der Waals surface area (Å²) in [6.45, 7) is 0.0615. The van der Waals surface area contributed by atoms with E-state index in [0.29, 0.717) is 0 Å². The molecule has 4 rings (SSSR count). The van der Waals surface area contributed by atoms with Gasteiger partial charge < -0.3 is 19.5 Å². The van der Waals surface area contributed by atoms with Gasteiger partial charge in [-0.3, -0.25) is 0 Å². The first-order chi connectivity index (χ1) is 9.27. The standard InChI is InChI=1S/C14H12BN2O2/c1-10-16-12-7-3-2-6-11(12)15(17-10)18-13-8-4-5-9-14(13)19-15/h2-9H,1H3,(H,16,17)/q-1.